The molecule has 37 heteroatoms. The van der Waals surface area contributed by atoms with Gasteiger partial charge < -0.3 is 76.4 Å². The Kier molecular flexibility index (Phi) is 30.5. The number of hydrogen-bond donors (Lipinski definition) is 0. The fourth-order valence-corrected chi connectivity index (χ4v) is 19.0. The number of pyridine rings is 4. The number of para-hydroxylation sites is 1. The Morgan fingerprint density at radius 3 is 1.04 bits per heavy atom. The number of carbonyl (C=O) groups excluding carboxylic acids is 7. The van der Waals surface area contributed by atoms with Crippen molar-refractivity contribution in [2.45, 2.75) is 25.7 Å². The van der Waals surface area contributed by atoms with Gasteiger partial charge in [-0.1, -0.05) is 93.9 Å². The van der Waals surface area contributed by atoms with E-state index in [9.17, 15) is 61.2 Å². The minimum Gasteiger partial charge on any atom is -0.497 e. The Labute approximate surface area is 781 Å². The topological polar surface area (TPSA) is 304 Å². The normalized spacial score (nSPS) is 14.1. The van der Waals surface area contributed by atoms with Gasteiger partial charge in [-0.2, -0.15) is 0 Å². The number of aromatic nitrogens is 4. The average Bonchev–Trinajstić information content (AvgIpc) is 0.896. The van der Waals surface area contributed by atoms with Crippen molar-refractivity contribution in [3.8, 4) is 5.75 Å². The van der Waals surface area contributed by atoms with Crippen LogP contribution in [0.15, 0.2) is 187 Å². The summed E-state index contributed by atoms with van der Waals surface area (Å²) in [5, 5.41) is 7.36. The van der Waals surface area contributed by atoms with Gasteiger partial charge in [-0.25, -0.2) is 22.8 Å². The number of hydrogen-bond acceptors (Lipinski definition) is 22. The van der Waals surface area contributed by atoms with E-state index in [4.69, 9.17) is 88.6 Å². The van der Waals surface area contributed by atoms with Crippen LogP contribution >= 0.6 is 80.9 Å². The summed E-state index contributed by atoms with van der Waals surface area (Å²) in [6.45, 7) is 12.5. The minimum absolute atomic E-state index is 0.0168. The highest BCUT2D eigenvalue weighted by molar-refractivity contribution is 7.90. The molecule has 0 aliphatic carbocycles. The summed E-state index contributed by atoms with van der Waals surface area (Å²) in [7, 11) is 4.27. The highest BCUT2D eigenvalue weighted by atomic mass is 35.5. The molecule has 4 saturated heterocycles. The minimum atomic E-state index is -3.75. The number of rotatable bonds is 16. The molecule has 7 aromatic carbocycles. The largest absolute Gasteiger partial charge is 0.497 e. The van der Waals surface area contributed by atoms with Gasteiger partial charge in [0.25, 0.3) is 45.9 Å². The van der Waals surface area contributed by atoms with E-state index in [1.54, 1.807) is 203 Å². The van der Waals surface area contributed by atoms with E-state index in [0.717, 1.165) is 6.26 Å². The summed E-state index contributed by atoms with van der Waals surface area (Å²) in [6, 6.07) is 45.1. The van der Waals surface area contributed by atoms with Crippen molar-refractivity contribution in [1.82, 2.24) is 37.9 Å². The highest BCUT2D eigenvalue weighted by Crippen LogP contribution is 2.39. The lowest BCUT2D eigenvalue weighted by Gasteiger charge is -2.37. The van der Waals surface area contributed by atoms with E-state index >= 15 is 0 Å². The molecular formula is C93H92Cl6N12O17S2. The van der Waals surface area contributed by atoms with Gasteiger partial charge in [-0.05, 0) is 160 Å². The summed E-state index contributed by atoms with van der Waals surface area (Å²) >= 11 is 38.2. The van der Waals surface area contributed by atoms with Gasteiger partial charge in [0, 0.05) is 197 Å². The molecule has 4 fully saturated rings. The zero-order chi connectivity index (χ0) is 93.4. The van der Waals surface area contributed by atoms with Gasteiger partial charge in [-0.15, -0.1) is 11.3 Å². The van der Waals surface area contributed by atoms with Crippen LogP contribution in [-0.2, 0) is 52.2 Å². The molecule has 29 nitrogen and oxygen atoms in total. The molecule has 0 atom stereocenters. The fourth-order valence-electron chi connectivity index (χ4n) is 16.3. The first-order valence-corrected chi connectivity index (χ1v) is 46.6. The maximum Gasteiger partial charge on any atom is 0.345 e. The Balaban J connectivity index is 0.000000148. The van der Waals surface area contributed by atoms with Crippen molar-refractivity contribution in [2.24, 2.45) is 28.2 Å². The van der Waals surface area contributed by atoms with Crippen LogP contribution in [0.3, 0.4) is 0 Å². The molecule has 0 unspecified atom stereocenters. The Morgan fingerprint density at radius 1 is 0.354 bits per heavy atom. The van der Waals surface area contributed by atoms with Crippen LogP contribution in [0.2, 0.25) is 30.1 Å². The van der Waals surface area contributed by atoms with Crippen LogP contribution in [0.4, 0.5) is 22.7 Å². The Bertz CT molecular complexity index is 6780. The molecule has 9 heterocycles. The predicted molar refractivity (Wildman–Crippen MR) is 510 cm³/mol. The highest BCUT2D eigenvalue weighted by Gasteiger charge is 2.37. The number of sulfone groups is 1. The molecule has 16 rings (SSSR count). The smallest absolute Gasteiger partial charge is 0.345 e. The summed E-state index contributed by atoms with van der Waals surface area (Å²) in [5.41, 5.74) is 4.21. The number of anilines is 4. The molecule has 680 valence electrons. The zero-order valence-corrected chi connectivity index (χ0v) is 78.6. The molecule has 4 aliphatic rings. The maximum absolute atomic E-state index is 13.2. The third kappa shape index (κ3) is 20.3. The van der Waals surface area contributed by atoms with Crippen LogP contribution in [-0.4, -0.2) is 226 Å². The van der Waals surface area contributed by atoms with Crippen LogP contribution in [0.25, 0.3) is 43.6 Å². The second-order valence-corrected chi connectivity index (χ2v) is 36.2. The number of ether oxygens (including phenoxy) is 4. The van der Waals surface area contributed by atoms with Crippen LogP contribution in [0.5, 0.6) is 5.75 Å². The van der Waals surface area contributed by atoms with E-state index in [2.05, 4.69) is 0 Å². The summed E-state index contributed by atoms with van der Waals surface area (Å²) in [5.74, 6) is -1.69. The second kappa shape index (κ2) is 41.4. The number of esters is 3. The lowest BCUT2D eigenvalue weighted by Crippen LogP contribution is -2.49. The number of fused-ring (bicyclic) bond motifs is 4. The van der Waals surface area contributed by atoms with Gasteiger partial charge in [0.1, 0.15) is 22.4 Å². The summed E-state index contributed by atoms with van der Waals surface area (Å²) in [6.07, 6.45) is 1.07. The molecule has 0 bridgehead atoms. The van der Waals surface area contributed by atoms with E-state index in [1.165, 1.54) is 29.6 Å². The third-order valence-electron chi connectivity index (χ3n) is 22.9. The summed E-state index contributed by atoms with van der Waals surface area (Å²) < 4.78 is 51.6. The number of thiophene rings is 1. The quantitative estimate of drug-likeness (QED) is 0.0641. The number of piperazine rings is 4. The number of amides is 4. The zero-order valence-electron chi connectivity index (χ0n) is 72.4. The number of aryl methyl sites for hydroxylation is 4. The molecule has 5 aromatic heterocycles. The predicted octanol–water partition coefficient (Wildman–Crippen LogP) is 13.9. The SMILES string of the molecule is CCOC(=O)c1c(N2CCN(C(=O)c3ccc(Cl)c(Cl)c3)CC2)c2cc(Cl)ccc2n(C)c1=O.CCOC(=O)c1c(N2CCN(C(=O)c3ccc(Cl)cc3)CC2)c2cc(Cl)ccc2n(C)c1=O.CCOC(=O)c1c(N2CCN(C(=O)c3ccc(OC)cc3)CC2)c2cc(Cl)ccc2n(C)c1=O.Cn1c(=O)c(S(C)(=O)=O)c(N2CCN(C(=O)c3cccs3)CC2)c2ccccc21. The van der Waals surface area contributed by atoms with Gasteiger partial charge in [0.05, 0.1) is 86.7 Å². The molecule has 12 aromatic rings. The Hall–Kier alpha value is -11.9. The lowest BCUT2D eigenvalue weighted by molar-refractivity contribution is 0.0514. The molecule has 0 radical (unpaired) electrons. The van der Waals surface area contributed by atoms with E-state index < -0.39 is 50.0 Å². The van der Waals surface area contributed by atoms with Gasteiger partial charge >= 0.3 is 17.9 Å². The monoisotopic (exact) mass is 1920 g/mol. The van der Waals surface area contributed by atoms with E-state index in [-0.39, 0.29) is 65.0 Å². The number of halogens is 6. The standard InChI is InChI=1S/C25H26ClN3O5.C24H22Cl3N3O4.C24H23Cl2N3O4.C20H21N3O4S2/c1-4-34-25(32)21-22(19-15-17(26)7-10-20(19)27(2)24(21)31)28-11-13-29(14-12-28)23(30)16-5-8-18(33-3)9-6-16;1-3-34-24(33)20-21(16-13-15(25)5-7-19(16)28(2)23(20)32)29-8-10-30(11-9-29)22(31)14-4-6-17(26)18(27)12-14;1-3-33-24(32)20-21(18-14-17(26)8-9-19(18)27(2)23(20)31)28-10-12-29(13-11-28)22(30)15-4-6-16(25)7-5-15;1-21-15-7-4-3-6-14(15)17(18(20(21)25)29(2,26)27)22-9-11-23(12-10-22)19(24)16-8-5-13-28-16/h5-10,15H,4,11-14H2,1-3H3;4-7,12-13H,3,8-11H2,1-2H3;4-9,14H,3,10-13H2,1-2H3;3-8,13H,9-12H2,1-2H3. The first-order valence-electron chi connectivity index (χ1n) is 41.5. The second-order valence-electron chi connectivity index (χ2n) is 30.7. The van der Waals surface area contributed by atoms with Crippen molar-refractivity contribution in [1.29, 1.82) is 0 Å². The molecule has 0 saturated carbocycles. The van der Waals surface area contributed by atoms with Crippen LogP contribution in [0.1, 0.15) is 92.6 Å². The van der Waals surface area contributed by atoms with E-state index in [0.29, 0.717) is 229 Å². The third-order valence-corrected chi connectivity index (χ3v) is 26.6. The summed E-state index contributed by atoms with van der Waals surface area (Å²) in [4.78, 5) is 158. The van der Waals surface area contributed by atoms with Gasteiger partial charge in [-0.3, -0.25) is 38.4 Å². The number of methoxy groups -OCH3 is 1. The lowest BCUT2D eigenvalue weighted by atomic mass is 10.1. The van der Waals surface area contributed by atoms with Crippen molar-refractivity contribution in [2.75, 3.05) is 158 Å². The van der Waals surface area contributed by atoms with Crippen molar-refractivity contribution >= 4 is 199 Å². The fraction of sp³-hybridized carbons (Fsp3) is 0.301. The molecule has 130 heavy (non-hydrogen) atoms. The van der Waals surface area contributed by atoms with Crippen LogP contribution < -0.4 is 46.6 Å². The Morgan fingerprint density at radius 2 is 0.685 bits per heavy atom. The molecule has 0 N–H and O–H groups in total. The molecule has 0 spiro atoms. The average molecular weight is 1930 g/mol. The van der Waals surface area contributed by atoms with Crippen molar-refractivity contribution < 1.29 is 60.9 Å². The van der Waals surface area contributed by atoms with Gasteiger partial charge in [0.15, 0.2) is 14.7 Å². The number of carbonyl (C=O) groups is 7. The first kappa shape index (κ1) is 95.6. The van der Waals surface area contributed by atoms with Crippen molar-refractivity contribution in [3.63, 3.8) is 0 Å². The number of benzene rings is 7. The van der Waals surface area contributed by atoms with Gasteiger partial charge in [0.2, 0.25) is 0 Å². The first-order chi connectivity index (χ1) is 62.2. The van der Waals surface area contributed by atoms with Crippen molar-refractivity contribution in [3.05, 3.63) is 273 Å². The molecular weight excluding hydrogens is 1830 g/mol. The number of nitrogens with zero attached hydrogens (tertiary/aromatic N) is 12. The molecule has 4 aliphatic heterocycles. The molecule has 4 amide bonds. The van der Waals surface area contributed by atoms with Crippen LogP contribution in [0, 0.1) is 0 Å². The maximum atomic E-state index is 13.2. The van der Waals surface area contributed by atoms with E-state index in [1.807, 2.05) is 55.3 Å².